The predicted octanol–water partition coefficient (Wildman–Crippen LogP) is 3.98. The summed E-state index contributed by atoms with van der Waals surface area (Å²) in [6, 6.07) is 8.94. The van der Waals surface area contributed by atoms with E-state index in [1.165, 1.54) is 12.1 Å². The van der Waals surface area contributed by atoms with Crippen LogP contribution < -0.4 is 10.5 Å². The van der Waals surface area contributed by atoms with Crippen molar-refractivity contribution in [1.82, 2.24) is 0 Å². The van der Waals surface area contributed by atoms with E-state index in [1.807, 2.05) is 0 Å². The summed E-state index contributed by atoms with van der Waals surface area (Å²) >= 11 is 3.30. The molecule has 0 saturated heterocycles. The predicted molar refractivity (Wildman–Crippen MR) is 68.5 cm³/mol. The lowest BCUT2D eigenvalue weighted by Crippen LogP contribution is -2.00. The number of benzene rings is 2. The summed E-state index contributed by atoms with van der Waals surface area (Å²) in [5, 5.41) is 0. The molecule has 0 spiro atoms. The highest BCUT2D eigenvalue weighted by Gasteiger charge is 2.11. The molecule has 94 valence electrons. The van der Waals surface area contributed by atoms with Gasteiger partial charge in [-0.2, -0.15) is 4.39 Å². The highest BCUT2D eigenvalue weighted by atomic mass is 79.9. The van der Waals surface area contributed by atoms with Crippen molar-refractivity contribution in [1.29, 1.82) is 0 Å². The molecule has 2 nitrogen and oxygen atoms in total. The SMILES string of the molecule is NCc1cc(Br)ccc1Oc1cccc(F)c1F. The molecule has 0 heterocycles. The first-order valence-electron chi connectivity index (χ1n) is 5.22. The van der Waals surface area contributed by atoms with Crippen LogP contribution in [0, 0.1) is 11.6 Å². The van der Waals surface area contributed by atoms with Gasteiger partial charge in [-0.25, -0.2) is 4.39 Å². The number of halogens is 3. The van der Waals surface area contributed by atoms with Crippen LogP contribution in [-0.2, 0) is 6.54 Å². The Morgan fingerprint density at radius 1 is 1.11 bits per heavy atom. The van der Waals surface area contributed by atoms with Crippen LogP contribution in [-0.4, -0.2) is 0 Å². The first-order valence-corrected chi connectivity index (χ1v) is 6.01. The fourth-order valence-corrected chi connectivity index (χ4v) is 1.90. The fourth-order valence-electron chi connectivity index (χ4n) is 1.49. The third-order valence-electron chi connectivity index (χ3n) is 2.38. The van der Waals surface area contributed by atoms with Crippen LogP contribution in [0.25, 0.3) is 0 Å². The molecular formula is C13H10BrF2NO. The summed E-state index contributed by atoms with van der Waals surface area (Å²) in [6.45, 7) is 0.242. The van der Waals surface area contributed by atoms with E-state index in [4.69, 9.17) is 10.5 Å². The molecule has 5 heteroatoms. The van der Waals surface area contributed by atoms with Gasteiger partial charge in [0.05, 0.1) is 0 Å². The molecule has 18 heavy (non-hydrogen) atoms. The van der Waals surface area contributed by atoms with Gasteiger partial charge in [-0.15, -0.1) is 0 Å². The van der Waals surface area contributed by atoms with Crippen molar-refractivity contribution in [3.8, 4) is 11.5 Å². The van der Waals surface area contributed by atoms with E-state index < -0.39 is 11.6 Å². The lowest BCUT2D eigenvalue weighted by molar-refractivity contribution is 0.413. The van der Waals surface area contributed by atoms with Crippen LogP contribution in [0.5, 0.6) is 11.5 Å². The van der Waals surface area contributed by atoms with Gasteiger partial charge < -0.3 is 10.5 Å². The van der Waals surface area contributed by atoms with Gasteiger partial charge in [0, 0.05) is 16.6 Å². The highest BCUT2D eigenvalue weighted by Crippen LogP contribution is 2.30. The van der Waals surface area contributed by atoms with E-state index in [9.17, 15) is 8.78 Å². The minimum Gasteiger partial charge on any atom is -0.454 e. The van der Waals surface area contributed by atoms with Crippen molar-refractivity contribution in [2.45, 2.75) is 6.54 Å². The monoisotopic (exact) mass is 313 g/mol. The first-order chi connectivity index (χ1) is 8.61. The summed E-state index contributed by atoms with van der Waals surface area (Å²) in [4.78, 5) is 0. The number of ether oxygens (including phenoxy) is 1. The molecule has 0 saturated carbocycles. The molecule has 0 aromatic heterocycles. The normalized spacial score (nSPS) is 10.4. The second kappa shape index (κ2) is 5.46. The summed E-state index contributed by atoms with van der Waals surface area (Å²) in [5.74, 6) is -1.71. The van der Waals surface area contributed by atoms with Crippen molar-refractivity contribution >= 4 is 15.9 Å². The maximum atomic E-state index is 13.5. The molecule has 2 aromatic carbocycles. The van der Waals surface area contributed by atoms with Gasteiger partial charge >= 0.3 is 0 Å². The van der Waals surface area contributed by atoms with Crippen LogP contribution in [0.15, 0.2) is 40.9 Å². The van der Waals surface area contributed by atoms with Gasteiger partial charge in [-0.05, 0) is 30.3 Å². The topological polar surface area (TPSA) is 35.2 Å². The van der Waals surface area contributed by atoms with Crippen molar-refractivity contribution < 1.29 is 13.5 Å². The molecular weight excluding hydrogens is 304 g/mol. The Morgan fingerprint density at radius 3 is 2.61 bits per heavy atom. The third-order valence-corrected chi connectivity index (χ3v) is 2.87. The quantitative estimate of drug-likeness (QED) is 0.930. The summed E-state index contributed by atoms with van der Waals surface area (Å²) < 4.78 is 32.7. The molecule has 0 atom stereocenters. The van der Waals surface area contributed by atoms with Crippen LogP contribution in [0.3, 0.4) is 0 Å². The Hall–Kier alpha value is -1.46. The maximum Gasteiger partial charge on any atom is 0.201 e. The van der Waals surface area contributed by atoms with E-state index in [1.54, 1.807) is 18.2 Å². The van der Waals surface area contributed by atoms with E-state index in [0.29, 0.717) is 11.3 Å². The average Bonchev–Trinajstić information content (AvgIpc) is 2.37. The van der Waals surface area contributed by atoms with Crippen molar-refractivity contribution in [2.24, 2.45) is 5.73 Å². The summed E-state index contributed by atoms with van der Waals surface area (Å²) in [6.07, 6.45) is 0. The maximum absolute atomic E-state index is 13.5. The van der Waals surface area contributed by atoms with E-state index >= 15 is 0 Å². The van der Waals surface area contributed by atoms with Crippen molar-refractivity contribution in [2.75, 3.05) is 0 Å². The van der Waals surface area contributed by atoms with Crippen LogP contribution >= 0.6 is 15.9 Å². The lowest BCUT2D eigenvalue weighted by Gasteiger charge is -2.11. The molecule has 2 aromatic rings. The second-order valence-corrected chi connectivity index (χ2v) is 4.53. The molecule has 2 N–H and O–H groups in total. The average molecular weight is 314 g/mol. The minimum atomic E-state index is -1.01. The van der Waals surface area contributed by atoms with Gasteiger partial charge in [-0.3, -0.25) is 0 Å². The summed E-state index contributed by atoms with van der Waals surface area (Å²) in [7, 11) is 0. The molecule has 0 amide bonds. The Kier molecular flexibility index (Phi) is 3.93. The zero-order chi connectivity index (χ0) is 13.1. The van der Waals surface area contributed by atoms with Crippen LogP contribution in [0.4, 0.5) is 8.78 Å². The van der Waals surface area contributed by atoms with E-state index in [-0.39, 0.29) is 12.3 Å². The van der Waals surface area contributed by atoms with E-state index in [2.05, 4.69) is 15.9 Å². The Morgan fingerprint density at radius 2 is 1.89 bits per heavy atom. The smallest absolute Gasteiger partial charge is 0.201 e. The molecule has 2 rings (SSSR count). The van der Waals surface area contributed by atoms with Crippen molar-refractivity contribution in [3.63, 3.8) is 0 Å². The number of hydrogen-bond acceptors (Lipinski definition) is 2. The molecule has 0 bridgehead atoms. The summed E-state index contributed by atoms with van der Waals surface area (Å²) in [5.41, 5.74) is 6.27. The van der Waals surface area contributed by atoms with Crippen molar-refractivity contribution in [3.05, 3.63) is 58.1 Å². The molecule has 0 unspecified atom stereocenters. The molecule has 0 fully saturated rings. The van der Waals surface area contributed by atoms with E-state index in [0.717, 1.165) is 10.5 Å². The Balaban J connectivity index is 2.37. The van der Waals surface area contributed by atoms with Crippen LogP contribution in [0.2, 0.25) is 0 Å². The molecule has 0 aliphatic carbocycles. The lowest BCUT2D eigenvalue weighted by atomic mass is 10.2. The minimum absolute atomic E-state index is 0.160. The third kappa shape index (κ3) is 2.68. The largest absolute Gasteiger partial charge is 0.454 e. The molecule has 0 aliphatic rings. The van der Waals surface area contributed by atoms with Gasteiger partial charge in [0.2, 0.25) is 5.82 Å². The van der Waals surface area contributed by atoms with Gasteiger partial charge in [-0.1, -0.05) is 22.0 Å². The fraction of sp³-hybridized carbons (Fsp3) is 0.0769. The van der Waals surface area contributed by atoms with Crippen LogP contribution in [0.1, 0.15) is 5.56 Å². The standard InChI is InChI=1S/C13H10BrF2NO/c14-9-4-5-11(8(6-9)7-17)18-12-3-1-2-10(15)13(12)16/h1-6H,7,17H2. The number of rotatable bonds is 3. The zero-order valence-electron chi connectivity index (χ0n) is 9.29. The highest BCUT2D eigenvalue weighted by molar-refractivity contribution is 9.10. The second-order valence-electron chi connectivity index (χ2n) is 3.61. The zero-order valence-corrected chi connectivity index (χ0v) is 10.9. The van der Waals surface area contributed by atoms with Gasteiger partial charge in [0.15, 0.2) is 11.6 Å². The Bertz CT molecular complexity index is 575. The molecule has 0 aliphatic heterocycles. The van der Waals surface area contributed by atoms with Gasteiger partial charge in [0.1, 0.15) is 5.75 Å². The first kappa shape index (κ1) is 13.0. The Labute approximate surface area is 112 Å². The van der Waals surface area contributed by atoms with Gasteiger partial charge in [0.25, 0.3) is 0 Å². The number of hydrogen-bond donors (Lipinski definition) is 1. The molecule has 0 radical (unpaired) electrons. The number of nitrogens with two attached hydrogens (primary N) is 1.